The monoisotopic (exact) mass is 470 g/mol. The number of hydrogen-bond acceptors (Lipinski definition) is 4. The highest BCUT2D eigenvalue weighted by atomic mass is 32.1. The second kappa shape index (κ2) is 10.7. The Hall–Kier alpha value is -3.31. The first kappa shape index (κ1) is 22.5. The van der Waals surface area contributed by atoms with Gasteiger partial charge in [0.15, 0.2) is 0 Å². The first-order valence-corrected chi connectivity index (χ1v) is 12.7. The van der Waals surface area contributed by atoms with E-state index in [-0.39, 0.29) is 5.82 Å². The minimum absolute atomic E-state index is 0.243. The van der Waals surface area contributed by atoms with Crippen molar-refractivity contribution in [1.29, 1.82) is 0 Å². The number of benzene rings is 3. The predicted octanol–water partition coefficient (Wildman–Crippen LogP) is 8.33. The van der Waals surface area contributed by atoms with Crippen molar-refractivity contribution in [2.24, 2.45) is 4.99 Å². The summed E-state index contributed by atoms with van der Waals surface area (Å²) in [5, 5.41) is 2.80. The maximum atomic E-state index is 13.0. The molecule has 0 unspecified atom stereocenters. The smallest absolute Gasteiger partial charge is 0.209 e. The fourth-order valence-corrected chi connectivity index (χ4v) is 5.02. The summed E-state index contributed by atoms with van der Waals surface area (Å²) < 4.78 is 18.8. The van der Waals surface area contributed by atoms with Crippen LogP contribution in [-0.2, 0) is 6.61 Å². The minimum atomic E-state index is -0.243. The van der Waals surface area contributed by atoms with E-state index in [9.17, 15) is 4.39 Å². The Labute approximate surface area is 204 Å². The standard InChI is InChI=1S/C29H27FN2OS/c30-26-14-6-22(7-15-26)19-33-27-16-8-21(9-17-27)18-31-29-32-28(20-34-29)25-12-10-24(11-13-25)23-4-2-1-3-5-23/h6-18,20,23H,1-5,19H2. The summed E-state index contributed by atoms with van der Waals surface area (Å²) in [7, 11) is 0. The summed E-state index contributed by atoms with van der Waals surface area (Å²) in [5.74, 6) is 1.24. The molecule has 0 radical (unpaired) electrons. The molecule has 172 valence electrons. The number of aromatic nitrogens is 1. The number of aliphatic imine (C=N–C) groups is 1. The van der Waals surface area contributed by atoms with Crippen molar-refractivity contribution in [3.63, 3.8) is 0 Å². The van der Waals surface area contributed by atoms with E-state index in [1.54, 1.807) is 23.5 Å². The zero-order valence-corrected chi connectivity index (χ0v) is 19.8. The molecule has 1 aliphatic carbocycles. The van der Waals surface area contributed by atoms with E-state index in [4.69, 9.17) is 9.72 Å². The lowest BCUT2D eigenvalue weighted by atomic mass is 9.84. The Morgan fingerprint density at radius 3 is 2.38 bits per heavy atom. The number of hydrogen-bond donors (Lipinski definition) is 0. The molecule has 4 aromatic rings. The van der Waals surface area contributed by atoms with Crippen molar-refractivity contribution in [2.45, 2.75) is 44.6 Å². The Morgan fingerprint density at radius 1 is 0.912 bits per heavy atom. The second-order valence-electron chi connectivity index (χ2n) is 8.71. The summed E-state index contributed by atoms with van der Waals surface area (Å²) in [5.41, 5.74) is 5.47. The van der Waals surface area contributed by atoms with Crippen molar-refractivity contribution in [3.05, 3.63) is 101 Å². The normalized spacial score (nSPS) is 14.5. The lowest BCUT2D eigenvalue weighted by Crippen LogP contribution is -2.04. The van der Waals surface area contributed by atoms with Crippen LogP contribution in [0.25, 0.3) is 11.3 Å². The van der Waals surface area contributed by atoms with Gasteiger partial charge in [0.05, 0.1) is 5.69 Å². The van der Waals surface area contributed by atoms with Gasteiger partial charge in [0.1, 0.15) is 18.2 Å². The van der Waals surface area contributed by atoms with E-state index >= 15 is 0 Å². The Kier molecular flexibility index (Phi) is 7.10. The molecule has 34 heavy (non-hydrogen) atoms. The van der Waals surface area contributed by atoms with E-state index in [0.29, 0.717) is 6.61 Å². The maximum absolute atomic E-state index is 13.0. The van der Waals surface area contributed by atoms with Gasteiger partial charge in [0, 0.05) is 17.2 Å². The van der Waals surface area contributed by atoms with Crippen LogP contribution in [0.1, 0.15) is 54.7 Å². The summed E-state index contributed by atoms with van der Waals surface area (Å²) in [4.78, 5) is 9.24. The van der Waals surface area contributed by atoms with Gasteiger partial charge in [-0.2, -0.15) is 0 Å². The first-order chi connectivity index (χ1) is 16.7. The van der Waals surface area contributed by atoms with Gasteiger partial charge in [-0.05, 0) is 71.8 Å². The largest absolute Gasteiger partial charge is 0.489 e. The minimum Gasteiger partial charge on any atom is -0.489 e. The Bertz CT molecular complexity index is 1220. The van der Waals surface area contributed by atoms with Gasteiger partial charge < -0.3 is 4.74 Å². The molecule has 5 heteroatoms. The fourth-order valence-electron chi connectivity index (χ4n) is 4.35. The lowest BCUT2D eigenvalue weighted by Gasteiger charge is -2.22. The quantitative estimate of drug-likeness (QED) is 0.254. The molecule has 0 spiro atoms. The summed E-state index contributed by atoms with van der Waals surface area (Å²) >= 11 is 1.55. The van der Waals surface area contributed by atoms with Gasteiger partial charge in [0.2, 0.25) is 5.13 Å². The zero-order chi connectivity index (χ0) is 23.2. The third kappa shape index (κ3) is 5.78. The average Bonchev–Trinajstić information content (AvgIpc) is 3.38. The van der Waals surface area contributed by atoms with E-state index in [2.05, 4.69) is 34.6 Å². The van der Waals surface area contributed by atoms with Crippen LogP contribution in [0, 0.1) is 5.82 Å². The second-order valence-corrected chi connectivity index (χ2v) is 9.55. The SMILES string of the molecule is Fc1ccc(COc2ccc(C=Nc3nc(-c4ccc(C5CCCCC5)cc4)cs3)cc2)cc1. The summed E-state index contributed by atoms with van der Waals surface area (Å²) in [6.07, 6.45) is 8.54. The molecule has 5 rings (SSSR count). The van der Waals surface area contributed by atoms with Crippen LogP contribution in [-0.4, -0.2) is 11.2 Å². The fraction of sp³-hybridized carbons (Fsp3) is 0.241. The molecule has 3 nitrogen and oxygen atoms in total. The lowest BCUT2D eigenvalue weighted by molar-refractivity contribution is 0.306. The van der Waals surface area contributed by atoms with Gasteiger partial charge in [-0.1, -0.05) is 55.7 Å². The molecule has 1 heterocycles. The molecule has 0 atom stereocenters. The van der Waals surface area contributed by atoms with Gasteiger partial charge in [-0.3, -0.25) is 0 Å². The van der Waals surface area contributed by atoms with E-state index < -0.39 is 0 Å². The van der Waals surface area contributed by atoms with Crippen LogP contribution in [0.2, 0.25) is 0 Å². The summed E-state index contributed by atoms with van der Waals surface area (Å²) in [6, 6.07) is 23.0. The number of nitrogens with zero attached hydrogens (tertiary/aromatic N) is 2. The Balaban J connectivity index is 1.17. The molecule has 0 bridgehead atoms. The van der Waals surface area contributed by atoms with Crippen molar-refractivity contribution in [3.8, 4) is 17.0 Å². The highest BCUT2D eigenvalue weighted by Gasteiger charge is 2.15. The van der Waals surface area contributed by atoms with Crippen LogP contribution in [0.3, 0.4) is 0 Å². The van der Waals surface area contributed by atoms with Gasteiger partial charge >= 0.3 is 0 Å². The summed E-state index contributed by atoms with van der Waals surface area (Å²) in [6.45, 7) is 0.400. The molecular formula is C29H27FN2OS. The highest BCUT2D eigenvalue weighted by molar-refractivity contribution is 7.13. The van der Waals surface area contributed by atoms with Crippen LogP contribution >= 0.6 is 11.3 Å². The zero-order valence-electron chi connectivity index (χ0n) is 19.0. The van der Waals surface area contributed by atoms with Crippen molar-refractivity contribution >= 4 is 22.7 Å². The molecule has 1 aliphatic rings. The van der Waals surface area contributed by atoms with Crippen LogP contribution in [0.5, 0.6) is 5.75 Å². The van der Waals surface area contributed by atoms with E-state index in [1.165, 1.54) is 49.8 Å². The van der Waals surface area contributed by atoms with Gasteiger partial charge in [0.25, 0.3) is 0 Å². The number of halogens is 1. The Morgan fingerprint density at radius 2 is 1.65 bits per heavy atom. The molecule has 3 aromatic carbocycles. The van der Waals surface area contributed by atoms with E-state index in [1.807, 2.05) is 30.5 Å². The van der Waals surface area contributed by atoms with Gasteiger partial charge in [-0.15, -0.1) is 11.3 Å². The maximum Gasteiger partial charge on any atom is 0.209 e. The number of thiazole rings is 1. The molecule has 1 saturated carbocycles. The molecular weight excluding hydrogens is 443 g/mol. The first-order valence-electron chi connectivity index (χ1n) is 11.8. The number of ether oxygens (including phenoxy) is 1. The van der Waals surface area contributed by atoms with Crippen molar-refractivity contribution in [2.75, 3.05) is 0 Å². The molecule has 0 aliphatic heterocycles. The third-order valence-corrected chi connectivity index (χ3v) is 7.05. The van der Waals surface area contributed by atoms with Gasteiger partial charge in [-0.25, -0.2) is 14.4 Å². The van der Waals surface area contributed by atoms with Crippen molar-refractivity contribution < 1.29 is 9.13 Å². The molecule has 0 amide bonds. The molecule has 0 saturated heterocycles. The highest BCUT2D eigenvalue weighted by Crippen LogP contribution is 2.34. The van der Waals surface area contributed by atoms with Crippen LogP contribution in [0.15, 0.2) is 83.2 Å². The molecule has 1 fully saturated rings. The average molecular weight is 471 g/mol. The number of rotatable bonds is 7. The molecule has 1 aromatic heterocycles. The predicted molar refractivity (Wildman–Crippen MR) is 138 cm³/mol. The molecule has 0 N–H and O–H groups in total. The van der Waals surface area contributed by atoms with Crippen LogP contribution < -0.4 is 4.74 Å². The topological polar surface area (TPSA) is 34.5 Å². The van der Waals surface area contributed by atoms with Crippen LogP contribution in [0.4, 0.5) is 9.52 Å². The third-order valence-electron chi connectivity index (χ3n) is 6.30. The van der Waals surface area contributed by atoms with E-state index in [0.717, 1.165) is 39.2 Å². The van der Waals surface area contributed by atoms with Crippen molar-refractivity contribution in [1.82, 2.24) is 4.98 Å².